The van der Waals surface area contributed by atoms with Gasteiger partial charge in [0.05, 0.1) is 17.2 Å². The van der Waals surface area contributed by atoms with Gasteiger partial charge in [0.15, 0.2) is 0 Å². The first-order valence-electron chi connectivity index (χ1n) is 5.00. The summed E-state index contributed by atoms with van der Waals surface area (Å²) in [5.41, 5.74) is 2.45. The summed E-state index contributed by atoms with van der Waals surface area (Å²) >= 11 is 0. The molecule has 0 aliphatic rings. The zero-order valence-corrected chi connectivity index (χ0v) is 8.72. The minimum absolute atomic E-state index is 0.407. The summed E-state index contributed by atoms with van der Waals surface area (Å²) in [7, 11) is 0. The fraction of sp³-hybridized carbons (Fsp3) is 0. The van der Waals surface area contributed by atoms with Crippen molar-refractivity contribution in [2.24, 2.45) is 0 Å². The number of rotatable bonds is 2. The van der Waals surface area contributed by atoms with E-state index in [-0.39, 0.29) is 0 Å². The maximum Gasteiger partial charge on any atom is 0.116 e. The highest BCUT2D eigenvalue weighted by Gasteiger charge is 2.02. The predicted molar refractivity (Wildman–Crippen MR) is 59.6 cm³/mol. The normalized spacial score (nSPS) is 10.4. The Hall–Kier alpha value is -2.63. The van der Waals surface area contributed by atoms with Crippen molar-refractivity contribution in [2.45, 2.75) is 0 Å². The molecule has 2 aromatic heterocycles. The highest BCUT2D eigenvalue weighted by molar-refractivity contribution is 5.63. The maximum absolute atomic E-state index is 4.21. The van der Waals surface area contributed by atoms with Crippen LogP contribution in [0, 0.1) is 0 Å². The summed E-state index contributed by atoms with van der Waals surface area (Å²) in [5.74, 6) is 0.407. The van der Waals surface area contributed by atoms with Crippen LogP contribution in [0.5, 0.6) is 0 Å². The van der Waals surface area contributed by atoms with E-state index >= 15 is 0 Å². The molecule has 0 spiro atoms. The van der Waals surface area contributed by atoms with Crippen LogP contribution in [0.1, 0.15) is 0 Å². The molecule has 0 N–H and O–H groups in total. The predicted octanol–water partition coefficient (Wildman–Crippen LogP) is 0.953. The Balaban J connectivity index is 2.06. The quantitative estimate of drug-likeness (QED) is 0.643. The standard InChI is InChI=1S/C11H7N6/c1-2-4-8(5-3-1)9-6-10(13-7-12-9)11-14-16-17-15-11/h1-7H/q-1. The molecular formula is C11H7N6-. The monoisotopic (exact) mass is 223 g/mol. The lowest BCUT2D eigenvalue weighted by atomic mass is 10.1. The van der Waals surface area contributed by atoms with Gasteiger partial charge in [-0.05, 0) is 6.07 Å². The number of nitrogens with zero attached hydrogens (tertiary/aromatic N) is 6. The van der Waals surface area contributed by atoms with Crippen molar-refractivity contribution in [3.8, 4) is 22.8 Å². The molecule has 0 aliphatic heterocycles. The van der Waals surface area contributed by atoms with Crippen LogP contribution < -0.4 is 5.10 Å². The lowest BCUT2D eigenvalue weighted by molar-refractivity contribution is 0.871. The van der Waals surface area contributed by atoms with Crippen molar-refractivity contribution < 1.29 is 0 Å². The van der Waals surface area contributed by atoms with Gasteiger partial charge in [0.25, 0.3) is 0 Å². The molecule has 3 rings (SSSR count). The minimum Gasteiger partial charge on any atom is -0.329 e. The van der Waals surface area contributed by atoms with Crippen molar-refractivity contribution in [3.05, 3.63) is 42.7 Å². The molecule has 0 fully saturated rings. The van der Waals surface area contributed by atoms with Gasteiger partial charge in [-0.3, -0.25) is 10.3 Å². The summed E-state index contributed by atoms with van der Waals surface area (Å²) in [6.07, 6.45) is 1.48. The lowest BCUT2D eigenvalue weighted by Crippen LogP contribution is -1.91. The summed E-state index contributed by atoms with van der Waals surface area (Å²) in [6, 6.07) is 11.6. The third-order valence-corrected chi connectivity index (χ3v) is 2.28. The third kappa shape index (κ3) is 1.87. The van der Waals surface area contributed by atoms with E-state index in [2.05, 4.69) is 30.6 Å². The third-order valence-electron chi connectivity index (χ3n) is 2.28. The van der Waals surface area contributed by atoms with Gasteiger partial charge in [0.2, 0.25) is 0 Å². The van der Waals surface area contributed by atoms with Crippen molar-refractivity contribution in [2.75, 3.05) is 0 Å². The van der Waals surface area contributed by atoms with Crippen LogP contribution in [0.2, 0.25) is 0 Å². The molecule has 3 aromatic rings. The van der Waals surface area contributed by atoms with E-state index in [4.69, 9.17) is 0 Å². The van der Waals surface area contributed by atoms with Crippen molar-refractivity contribution in [1.82, 2.24) is 30.6 Å². The molecule has 2 heterocycles. The molecule has 0 unspecified atom stereocenters. The molecule has 0 radical (unpaired) electrons. The molecule has 0 aliphatic carbocycles. The Morgan fingerprint density at radius 3 is 2.53 bits per heavy atom. The van der Waals surface area contributed by atoms with Crippen LogP contribution in [0.3, 0.4) is 0 Å². The van der Waals surface area contributed by atoms with E-state index in [1.54, 1.807) is 0 Å². The van der Waals surface area contributed by atoms with Crippen LogP contribution in [0.25, 0.3) is 22.8 Å². The highest BCUT2D eigenvalue weighted by Crippen LogP contribution is 2.19. The second-order valence-corrected chi connectivity index (χ2v) is 3.36. The van der Waals surface area contributed by atoms with Gasteiger partial charge in [-0.15, -0.1) is 0 Å². The van der Waals surface area contributed by atoms with Crippen LogP contribution in [-0.2, 0) is 0 Å². The molecule has 0 atom stereocenters. The SMILES string of the molecule is c1ccc(-c2cc(-c3nnn[n-]3)ncn2)cc1. The average Bonchev–Trinajstić information content (AvgIpc) is 2.94. The molecule has 82 valence electrons. The molecule has 0 saturated heterocycles. The van der Waals surface area contributed by atoms with E-state index in [1.807, 2.05) is 36.4 Å². The second-order valence-electron chi connectivity index (χ2n) is 3.36. The number of benzene rings is 1. The van der Waals surface area contributed by atoms with Gasteiger partial charge >= 0.3 is 0 Å². The maximum atomic E-state index is 4.21. The molecule has 6 nitrogen and oxygen atoms in total. The molecule has 1 aromatic carbocycles. The zero-order valence-electron chi connectivity index (χ0n) is 8.72. The largest absolute Gasteiger partial charge is 0.329 e. The van der Waals surface area contributed by atoms with Crippen molar-refractivity contribution >= 4 is 0 Å². The summed E-state index contributed by atoms with van der Waals surface area (Å²) < 4.78 is 0. The van der Waals surface area contributed by atoms with Crippen molar-refractivity contribution in [1.29, 1.82) is 0 Å². The minimum atomic E-state index is 0.407. The van der Waals surface area contributed by atoms with Gasteiger partial charge in [0.1, 0.15) is 6.33 Å². The van der Waals surface area contributed by atoms with Gasteiger partial charge in [0, 0.05) is 5.56 Å². The van der Waals surface area contributed by atoms with E-state index < -0.39 is 0 Å². The summed E-state index contributed by atoms with van der Waals surface area (Å²) in [4.78, 5) is 8.30. The van der Waals surface area contributed by atoms with E-state index in [9.17, 15) is 0 Å². The molecule has 0 bridgehead atoms. The molecule has 0 saturated carbocycles. The topological polar surface area (TPSA) is 78.5 Å². The first-order valence-corrected chi connectivity index (χ1v) is 5.00. The van der Waals surface area contributed by atoms with Gasteiger partial charge in [-0.2, -0.15) is 5.21 Å². The lowest BCUT2D eigenvalue weighted by Gasteiger charge is -2.03. The first kappa shape index (κ1) is 9.59. The number of hydrogen-bond acceptors (Lipinski definition) is 5. The molecular weight excluding hydrogens is 216 g/mol. The Morgan fingerprint density at radius 2 is 1.76 bits per heavy atom. The first-order chi connectivity index (χ1) is 8.43. The van der Waals surface area contributed by atoms with Crippen LogP contribution >= 0.6 is 0 Å². The molecule has 17 heavy (non-hydrogen) atoms. The number of tetrazole rings is 1. The Morgan fingerprint density at radius 1 is 0.941 bits per heavy atom. The number of aromatic nitrogens is 6. The second kappa shape index (κ2) is 4.09. The Kier molecular flexibility index (Phi) is 2.31. The van der Waals surface area contributed by atoms with Crippen LogP contribution in [0.15, 0.2) is 42.7 Å². The van der Waals surface area contributed by atoms with Crippen LogP contribution in [0.4, 0.5) is 0 Å². The molecule has 6 heteroatoms. The van der Waals surface area contributed by atoms with E-state index in [0.29, 0.717) is 11.5 Å². The van der Waals surface area contributed by atoms with Gasteiger partial charge in [-0.25, -0.2) is 9.97 Å². The summed E-state index contributed by atoms with van der Waals surface area (Å²) in [6.45, 7) is 0. The van der Waals surface area contributed by atoms with Crippen LogP contribution in [-0.4, -0.2) is 25.5 Å². The number of hydrogen-bond donors (Lipinski definition) is 0. The Labute approximate surface area is 96.8 Å². The van der Waals surface area contributed by atoms with Crippen molar-refractivity contribution in [3.63, 3.8) is 0 Å². The fourth-order valence-corrected chi connectivity index (χ4v) is 1.49. The highest BCUT2D eigenvalue weighted by atomic mass is 15.5. The Bertz CT molecular complexity index is 605. The van der Waals surface area contributed by atoms with Gasteiger partial charge < -0.3 is 5.10 Å². The smallest absolute Gasteiger partial charge is 0.116 e. The average molecular weight is 223 g/mol. The zero-order chi connectivity index (χ0) is 11.5. The van der Waals surface area contributed by atoms with E-state index in [1.165, 1.54) is 6.33 Å². The molecule has 0 amide bonds. The summed E-state index contributed by atoms with van der Waals surface area (Å²) in [5, 5.41) is 14.4. The fourth-order valence-electron chi connectivity index (χ4n) is 1.49. The van der Waals surface area contributed by atoms with Gasteiger partial charge in [-0.1, -0.05) is 30.3 Å². The van der Waals surface area contributed by atoms with E-state index in [0.717, 1.165) is 11.3 Å².